The minimum absolute atomic E-state index is 0.166. The summed E-state index contributed by atoms with van der Waals surface area (Å²) in [5, 5.41) is 0. The predicted molar refractivity (Wildman–Crippen MR) is 95.4 cm³/mol. The Kier molecular flexibility index (Phi) is 5.18. The average molecular weight is 332 g/mol. The number of carbonyl (C=O) groups excluding carboxylic acids is 1. The van der Waals surface area contributed by atoms with Crippen molar-refractivity contribution in [2.24, 2.45) is 5.92 Å². The summed E-state index contributed by atoms with van der Waals surface area (Å²) in [5.41, 5.74) is 0. The molecule has 132 valence electrons. The maximum Gasteiger partial charge on any atom is 0.226 e. The largest absolute Gasteiger partial charge is 0.356 e. The average Bonchev–Trinajstić information content (AvgIpc) is 2.62. The number of aromatic nitrogens is 2. The number of anilines is 2. The van der Waals surface area contributed by atoms with Crippen molar-refractivity contribution in [3.8, 4) is 0 Å². The minimum atomic E-state index is 0.166. The molecule has 0 aliphatic carbocycles. The number of rotatable bonds is 3. The smallest absolute Gasteiger partial charge is 0.226 e. The summed E-state index contributed by atoms with van der Waals surface area (Å²) in [6.07, 6.45) is 3.62. The lowest BCUT2D eigenvalue weighted by Gasteiger charge is -2.37. The molecule has 0 atom stereocenters. The lowest BCUT2D eigenvalue weighted by Crippen LogP contribution is -2.50. The van der Waals surface area contributed by atoms with Crippen LogP contribution in [-0.2, 0) is 4.79 Å². The van der Waals surface area contributed by atoms with Crippen LogP contribution in [0, 0.1) is 5.92 Å². The molecule has 2 aliphatic heterocycles. The second-order valence-electron chi connectivity index (χ2n) is 7.00. The van der Waals surface area contributed by atoms with Crippen LogP contribution in [0.1, 0.15) is 12.8 Å². The van der Waals surface area contributed by atoms with E-state index >= 15 is 0 Å². The Balaban J connectivity index is 1.56. The van der Waals surface area contributed by atoms with Crippen molar-refractivity contribution in [3.63, 3.8) is 0 Å². The molecule has 7 nitrogen and oxygen atoms in total. The molecule has 0 N–H and O–H groups in total. The van der Waals surface area contributed by atoms with Crippen LogP contribution in [-0.4, -0.2) is 86.1 Å². The predicted octanol–water partition coefficient (Wildman–Crippen LogP) is 0.533. The molecule has 2 fully saturated rings. The van der Waals surface area contributed by atoms with E-state index in [1.54, 1.807) is 6.20 Å². The van der Waals surface area contributed by atoms with E-state index in [0.717, 1.165) is 63.9 Å². The Morgan fingerprint density at radius 1 is 1.12 bits per heavy atom. The highest BCUT2D eigenvalue weighted by molar-refractivity contribution is 5.79. The molecule has 0 bridgehead atoms. The first-order valence-electron chi connectivity index (χ1n) is 8.77. The van der Waals surface area contributed by atoms with E-state index in [9.17, 15) is 4.79 Å². The Labute approximate surface area is 144 Å². The van der Waals surface area contributed by atoms with Gasteiger partial charge in [-0.3, -0.25) is 4.79 Å². The zero-order chi connectivity index (χ0) is 17.1. The van der Waals surface area contributed by atoms with Gasteiger partial charge in [0.25, 0.3) is 0 Å². The Morgan fingerprint density at radius 2 is 1.79 bits per heavy atom. The quantitative estimate of drug-likeness (QED) is 0.805. The van der Waals surface area contributed by atoms with Gasteiger partial charge in [-0.05, 0) is 26.0 Å². The van der Waals surface area contributed by atoms with Crippen LogP contribution in [0.15, 0.2) is 12.3 Å². The van der Waals surface area contributed by atoms with Crippen molar-refractivity contribution >= 4 is 17.7 Å². The highest BCUT2D eigenvalue weighted by atomic mass is 16.2. The van der Waals surface area contributed by atoms with Gasteiger partial charge in [0.2, 0.25) is 11.9 Å². The van der Waals surface area contributed by atoms with Gasteiger partial charge >= 0.3 is 0 Å². The SMILES string of the molecule is CN1CCN(C(=O)C2CCN(c3ccnc(N(C)C)n3)CC2)CC1. The second-order valence-corrected chi connectivity index (χ2v) is 7.00. The van der Waals surface area contributed by atoms with Crippen LogP contribution in [0.25, 0.3) is 0 Å². The first-order valence-corrected chi connectivity index (χ1v) is 8.77. The van der Waals surface area contributed by atoms with Gasteiger partial charge in [0.1, 0.15) is 5.82 Å². The second kappa shape index (κ2) is 7.34. The molecule has 7 heteroatoms. The van der Waals surface area contributed by atoms with Gasteiger partial charge in [0, 0.05) is 65.5 Å². The topological polar surface area (TPSA) is 55.8 Å². The molecule has 2 aliphatic rings. The van der Waals surface area contributed by atoms with Crippen molar-refractivity contribution in [1.29, 1.82) is 0 Å². The van der Waals surface area contributed by atoms with E-state index in [4.69, 9.17) is 0 Å². The van der Waals surface area contributed by atoms with Crippen LogP contribution < -0.4 is 9.80 Å². The number of hydrogen-bond acceptors (Lipinski definition) is 6. The van der Waals surface area contributed by atoms with Gasteiger partial charge in [-0.1, -0.05) is 0 Å². The third kappa shape index (κ3) is 3.77. The maximum atomic E-state index is 12.7. The Morgan fingerprint density at radius 3 is 2.42 bits per heavy atom. The molecule has 1 aromatic heterocycles. The van der Waals surface area contributed by atoms with Gasteiger partial charge < -0.3 is 19.6 Å². The normalized spacial score (nSPS) is 20.3. The highest BCUT2D eigenvalue weighted by Crippen LogP contribution is 2.24. The number of hydrogen-bond donors (Lipinski definition) is 0. The van der Waals surface area contributed by atoms with E-state index in [1.165, 1.54) is 0 Å². The fraction of sp³-hybridized carbons (Fsp3) is 0.706. The number of carbonyl (C=O) groups is 1. The maximum absolute atomic E-state index is 12.7. The van der Waals surface area contributed by atoms with E-state index in [0.29, 0.717) is 5.91 Å². The molecule has 3 rings (SSSR count). The van der Waals surface area contributed by atoms with Gasteiger partial charge in [-0.2, -0.15) is 4.98 Å². The molecule has 1 amide bonds. The number of likely N-dealkylation sites (N-methyl/N-ethyl adjacent to an activating group) is 1. The number of piperazine rings is 1. The van der Waals surface area contributed by atoms with Gasteiger partial charge in [-0.15, -0.1) is 0 Å². The fourth-order valence-corrected chi connectivity index (χ4v) is 3.37. The molecule has 0 spiro atoms. The fourth-order valence-electron chi connectivity index (χ4n) is 3.37. The van der Waals surface area contributed by atoms with E-state index in [1.807, 2.05) is 25.1 Å². The highest BCUT2D eigenvalue weighted by Gasteiger charge is 2.30. The molecule has 0 saturated carbocycles. The lowest BCUT2D eigenvalue weighted by atomic mass is 9.95. The molecule has 0 unspecified atom stereocenters. The number of piperidine rings is 1. The molecule has 0 aromatic carbocycles. The molecule has 2 saturated heterocycles. The summed E-state index contributed by atoms with van der Waals surface area (Å²) in [4.78, 5) is 30.1. The molecule has 24 heavy (non-hydrogen) atoms. The number of amides is 1. The van der Waals surface area contributed by atoms with Crippen molar-refractivity contribution in [3.05, 3.63) is 12.3 Å². The van der Waals surface area contributed by atoms with Crippen LogP contribution in [0.5, 0.6) is 0 Å². The monoisotopic (exact) mass is 332 g/mol. The lowest BCUT2D eigenvalue weighted by molar-refractivity contribution is -0.137. The molecule has 3 heterocycles. The van der Waals surface area contributed by atoms with Crippen molar-refractivity contribution in [2.45, 2.75) is 12.8 Å². The van der Waals surface area contributed by atoms with Crippen molar-refractivity contribution < 1.29 is 4.79 Å². The van der Waals surface area contributed by atoms with Crippen LogP contribution in [0.4, 0.5) is 11.8 Å². The summed E-state index contributed by atoms with van der Waals surface area (Å²) >= 11 is 0. The summed E-state index contributed by atoms with van der Waals surface area (Å²) < 4.78 is 0. The molecule has 1 aromatic rings. The van der Waals surface area contributed by atoms with Crippen LogP contribution in [0.3, 0.4) is 0 Å². The van der Waals surface area contributed by atoms with E-state index in [-0.39, 0.29) is 5.92 Å². The molecule has 0 radical (unpaired) electrons. The summed E-state index contributed by atoms with van der Waals surface area (Å²) in [6, 6.07) is 1.95. The minimum Gasteiger partial charge on any atom is -0.356 e. The van der Waals surface area contributed by atoms with Crippen LogP contribution in [0.2, 0.25) is 0 Å². The van der Waals surface area contributed by atoms with Crippen LogP contribution >= 0.6 is 0 Å². The Bertz CT molecular complexity index is 562. The zero-order valence-corrected chi connectivity index (χ0v) is 15.0. The van der Waals surface area contributed by atoms with E-state index in [2.05, 4.69) is 31.7 Å². The van der Waals surface area contributed by atoms with Crippen molar-refractivity contribution in [1.82, 2.24) is 19.8 Å². The third-order valence-electron chi connectivity index (χ3n) is 5.01. The zero-order valence-electron chi connectivity index (χ0n) is 15.0. The molecular weight excluding hydrogens is 304 g/mol. The van der Waals surface area contributed by atoms with Gasteiger partial charge in [0.05, 0.1) is 0 Å². The summed E-state index contributed by atoms with van der Waals surface area (Å²) in [5.74, 6) is 2.20. The Hall–Kier alpha value is -1.89. The molecular formula is C17H28N6O. The van der Waals surface area contributed by atoms with Gasteiger partial charge in [0.15, 0.2) is 0 Å². The summed E-state index contributed by atoms with van der Waals surface area (Å²) in [6.45, 7) is 5.47. The number of nitrogens with zero attached hydrogens (tertiary/aromatic N) is 6. The first kappa shape index (κ1) is 17.0. The standard InChI is InChI=1S/C17H28N6O/c1-20(2)17-18-7-4-15(19-17)22-8-5-14(6-9-22)16(24)23-12-10-21(3)11-13-23/h4,7,14H,5-6,8-13H2,1-3H3. The van der Waals surface area contributed by atoms with Crippen molar-refractivity contribution in [2.75, 3.05) is 70.2 Å². The first-order chi connectivity index (χ1) is 11.5. The third-order valence-corrected chi connectivity index (χ3v) is 5.01. The van der Waals surface area contributed by atoms with Gasteiger partial charge in [-0.25, -0.2) is 4.98 Å². The van der Waals surface area contributed by atoms with E-state index < -0.39 is 0 Å². The summed E-state index contributed by atoms with van der Waals surface area (Å²) in [7, 11) is 6.00.